The molecule has 0 aromatic carbocycles. The fourth-order valence-corrected chi connectivity index (χ4v) is 1.86. The summed E-state index contributed by atoms with van der Waals surface area (Å²) >= 11 is 1.84. The molecule has 0 amide bonds. The molecule has 5 heteroatoms. The molecule has 17 heavy (non-hydrogen) atoms. The predicted molar refractivity (Wildman–Crippen MR) is 73.8 cm³/mol. The maximum absolute atomic E-state index is 9.65. The highest BCUT2D eigenvalue weighted by atomic mass is 32.2. The van der Waals surface area contributed by atoms with Crippen LogP contribution in [-0.4, -0.2) is 62.2 Å². The van der Waals surface area contributed by atoms with Crippen molar-refractivity contribution in [3.63, 3.8) is 0 Å². The van der Waals surface area contributed by atoms with Crippen molar-refractivity contribution in [1.29, 1.82) is 0 Å². The second-order valence-electron chi connectivity index (χ2n) is 4.02. The lowest BCUT2D eigenvalue weighted by Crippen LogP contribution is -2.36. The first-order chi connectivity index (χ1) is 8.20. The van der Waals surface area contributed by atoms with Gasteiger partial charge in [-0.05, 0) is 32.3 Å². The first-order valence-electron chi connectivity index (χ1n) is 6.26. The second-order valence-corrected chi connectivity index (χ2v) is 5.00. The second kappa shape index (κ2) is 12.6. The number of thioether (sulfide) groups is 1. The molecule has 2 N–H and O–H groups in total. The summed E-state index contributed by atoms with van der Waals surface area (Å²) in [5, 5.41) is 12.9. The number of rotatable bonds is 12. The van der Waals surface area contributed by atoms with Crippen LogP contribution in [0.5, 0.6) is 0 Å². The highest BCUT2D eigenvalue weighted by Gasteiger charge is 2.06. The Labute approximate surface area is 109 Å². The van der Waals surface area contributed by atoms with Gasteiger partial charge < -0.3 is 19.9 Å². The van der Waals surface area contributed by atoms with E-state index in [0.717, 1.165) is 12.2 Å². The zero-order valence-electron chi connectivity index (χ0n) is 11.3. The molecule has 0 spiro atoms. The SMILES string of the molecule is CCOCCOCC(O)CNC(C)CCSC. The molecule has 0 radical (unpaired) electrons. The van der Waals surface area contributed by atoms with Crippen LogP contribution in [0.25, 0.3) is 0 Å². The number of hydrogen-bond acceptors (Lipinski definition) is 5. The van der Waals surface area contributed by atoms with Crippen LogP contribution in [0, 0.1) is 0 Å². The van der Waals surface area contributed by atoms with Gasteiger partial charge in [-0.2, -0.15) is 11.8 Å². The molecule has 0 rings (SSSR count). The van der Waals surface area contributed by atoms with Crippen molar-refractivity contribution >= 4 is 11.8 Å². The molecular weight excluding hydrogens is 238 g/mol. The van der Waals surface area contributed by atoms with Crippen molar-refractivity contribution in [3.05, 3.63) is 0 Å². The van der Waals surface area contributed by atoms with E-state index in [1.807, 2.05) is 18.7 Å². The maximum atomic E-state index is 9.65. The lowest BCUT2D eigenvalue weighted by molar-refractivity contribution is 0.00586. The molecule has 0 aromatic rings. The van der Waals surface area contributed by atoms with Gasteiger partial charge >= 0.3 is 0 Å². The Morgan fingerprint density at radius 1 is 1.29 bits per heavy atom. The Hall–Kier alpha value is 0.190. The molecule has 0 bridgehead atoms. The van der Waals surface area contributed by atoms with Gasteiger partial charge in [0.25, 0.3) is 0 Å². The fourth-order valence-electron chi connectivity index (χ4n) is 1.27. The smallest absolute Gasteiger partial charge is 0.0897 e. The van der Waals surface area contributed by atoms with Crippen molar-refractivity contribution in [2.75, 3.05) is 45.0 Å². The molecule has 0 aliphatic rings. The molecule has 4 nitrogen and oxygen atoms in total. The summed E-state index contributed by atoms with van der Waals surface area (Å²) in [5.41, 5.74) is 0. The highest BCUT2D eigenvalue weighted by Crippen LogP contribution is 1.99. The van der Waals surface area contributed by atoms with Crippen LogP contribution in [0.1, 0.15) is 20.3 Å². The largest absolute Gasteiger partial charge is 0.389 e. The number of aliphatic hydroxyl groups is 1. The summed E-state index contributed by atoms with van der Waals surface area (Å²) in [6.45, 7) is 6.90. The third kappa shape index (κ3) is 12.4. The minimum Gasteiger partial charge on any atom is -0.389 e. The van der Waals surface area contributed by atoms with Gasteiger partial charge in [0, 0.05) is 19.2 Å². The molecule has 0 aliphatic heterocycles. The van der Waals surface area contributed by atoms with E-state index >= 15 is 0 Å². The monoisotopic (exact) mass is 265 g/mol. The van der Waals surface area contributed by atoms with Crippen molar-refractivity contribution in [3.8, 4) is 0 Å². The van der Waals surface area contributed by atoms with Gasteiger partial charge in [-0.25, -0.2) is 0 Å². The maximum Gasteiger partial charge on any atom is 0.0897 e. The van der Waals surface area contributed by atoms with Crippen molar-refractivity contribution < 1.29 is 14.6 Å². The van der Waals surface area contributed by atoms with Crippen molar-refractivity contribution in [2.45, 2.75) is 32.4 Å². The number of ether oxygens (including phenoxy) is 2. The Balaban J connectivity index is 3.30. The normalized spacial score (nSPS) is 14.8. The van der Waals surface area contributed by atoms with Crippen LogP contribution in [0.15, 0.2) is 0 Å². The van der Waals surface area contributed by atoms with Crippen LogP contribution in [0.2, 0.25) is 0 Å². The Morgan fingerprint density at radius 2 is 2.00 bits per heavy atom. The van der Waals surface area contributed by atoms with Crippen LogP contribution in [-0.2, 0) is 9.47 Å². The number of aliphatic hydroxyl groups excluding tert-OH is 1. The van der Waals surface area contributed by atoms with Gasteiger partial charge in [0.2, 0.25) is 0 Å². The van der Waals surface area contributed by atoms with Gasteiger partial charge in [0.1, 0.15) is 0 Å². The van der Waals surface area contributed by atoms with E-state index in [9.17, 15) is 5.11 Å². The van der Waals surface area contributed by atoms with E-state index in [0.29, 0.717) is 39.0 Å². The molecule has 104 valence electrons. The summed E-state index contributed by atoms with van der Waals surface area (Å²) in [7, 11) is 0. The third-order valence-electron chi connectivity index (χ3n) is 2.34. The van der Waals surface area contributed by atoms with Gasteiger partial charge in [-0.3, -0.25) is 0 Å². The Kier molecular flexibility index (Phi) is 12.8. The topological polar surface area (TPSA) is 50.7 Å². The fraction of sp³-hybridized carbons (Fsp3) is 1.00. The quantitative estimate of drug-likeness (QED) is 0.518. The van der Waals surface area contributed by atoms with E-state index in [-0.39, 0.29) is 0 Å². The zero-order chi connectivity index (χ0) is 12.9. The predicted octanol–water partition coefficient (Wildman–Crippen LogP) is 1.13. The van der Waals surface area contributed by atoms with E-state index in [1.165, 1.54) is 0 Å². The Bertz CT molecular complexity index is 161. The highest BCUT2D eigenvalue weighted by molar-refractivity contribution is 7.98. The molecule has 0 fully saturated rings. The first-order valence-corrected chi connectivity index (χ1v) is 7.66. The average molecular weight is 265 g/mol. The molecule has 2 unspecified atom stereocenters. The summed E-state index contributed by atoms with van der Waals surface area (Å²) < 4.78 is 10.4. The van der Waals surface area contributed by atoms with E-state index < -0.39 is 6.10 Å². The van der Waals surface area contributed by atoms with Crippen LogP contribution < -0.4 is 5.32 Å². The van der Waals surface area contributed by atoms with Gasteiger partial charge in [0.05, 0.1) is 25.9 Å². The molecule has 0 saturated heterocycles. The number of hydrogen-bond donors (Lipinski definition) is 2. The van der Waals surface area contributed by atoms with Gasteiger partial charge in [0.15, 0.2) is 0 Å². The zero-order valence-corrected chi connectivity index (χ0v) is 12.1. The summed E-state index contributed by atoms with van der Waals surface area (Å²) in [5.74, 6) is 1.15. The molecule has 0 aliphatic carbocycles. The minimum absolute atomic E-state index is 0.370. The van der Waals surface area contributed by atoms with Crippen molar-refractivity contribution in [2.24, 2.45) is 0 Å². The van der Waals surface area contributed by atoms with Crippen LogP contribution in [0.4, 0.5) is 0 Å². The standard InChI is InChI=1S/C12H27NO3S/c1-4-15-6-7-16-10-12(14)9-13-11(2)5-8-17-3/h11-14H,4-10H2,1-3H3. The van der Waals surface area contributed by atoms with E-state index in [4.69, 9.17) is 9.47 Å². The third-order valence-corrected chi connectivity index (χ3v) is 2.99. The summed E-state index contributed by atoms with van der Waals surface area (Å²) in [4.78, 5) is 0. The summed E-state index contributed by atoms with van der Waals surface area (Å²) in [6.07, 6.45) is 2.79. The van der Waals surface area contributed by atoms with E-state index in [1.54, 1.807) is 0 Å². The molecule has 0 heterocycles. The molecular formula is C12H27NO3S. The van der Waals surface area contributed by atoms with Crippen LogP contribution >= 0.6 is 11.8 Å². The number of nitrogens with one attached hydrogen (secondary N) is 1. The minimum atomic E-state index is -0.437. The first kappa shape index (κ1) is 17.2. The van der Waals surface area contributed by atoms with Gasteiger partial charge in [-0.1, -0.05) is 0 Å². The van der Waals surface area contributed by atoms with Crippen LogP contribution in [0.3, 0.4) is 0 Å². The average Bonchev–Trinajstić information content (AvgIpc) is 2.33. The van der Waals surface area contributed by atoms with E-state index in [2.05, 4.69) is 18.5 Å². The molecule has 0 saturated carbocycles. The lowest BCUT2D eigenvalue weighted by Gasteiger charge is -2.16. The molecule has 2 atom stereocenters. The molecule has 0 aromatic heterocycles. The summed E-state index contributed by atoms with van der Waals surface area (Å²) in [6, 6.07) is 0.445. The lowest BCUT2D eigenvalue weighted by atomic mass is 10.2. The van der Waals surface area contributed by atoms with Gasteiger partial charge in [-0.15, -0.1) is 0 Å². The Morgan fingerprint density at radius 3 is 2.65 bits per heavy atom. The van der Waals surface area contributed by atoms with Crippen molar-refractivity contribution in [1.82, 2.24) is 5.32 Å².